The van der Waals surface area contributed by atoms with E-state index in [1.54, 1.807) is 0 Å². The zero-order chi connectivity index (χ0) is 9.14. The second kappa shape index (κ2) is 5.45. The van der Waals surface area contributed by atoms with Crippen molar-refractivity contribution < 1.29 is 9.90 Å². The average Bonchev–Trinajstić information content (AvgIpc) is 2.32. The van der Waals surface area contributed by atoms with Gasteiger partial charge in [-0.25, -0.2) is 0 Å². The van der Waals surface area contributed by atoms with Crippen LogP contribution < -0.4 is 0 Å². The Balaban J connectivity index is 0.00000144. The maximum Gasteiger partial charge on any atom is 0.320 e. The van der Waals surface area contributed by atoms with Crippen LogP contribution in [0.4, 0.5) is 0 Å². The zero-order valence-electron chi connectivity index (χ0n) is 8.19. The van der Waals surface area contributed by atoms with Gasteiger partial charge in [-0.2, -0.15) is 0 Å². The number of halogens is 1. The molecule has 0 amide bonds. The van der Waals surface area contributed by atoms with E-state index in [0.29, 0.717) is 5.92 Å². The highest BCUT2D eigenvalue weighted by atomic mass is 35.5. The molecule has 0 aromatic carbocycles. The molecule has 1 rings (SSSR count). The number of rotatable bonds is 3. The lowest BCUT2D eigenvalue weighted by Gasteiger charge is -2.13. The summed E-state index contributed by atoms with van der Waals surface area (Å²) in [5, 5.41) is 8.83. The smallest absolute Gasteiger partial charge is 0.320 e. The molecule has 3 nitrogen and oxygen atoms in total. The van der Waals surface area contributed by atoms with Crippen LogP contribution in [0.2, 0.25) is 0 Å². The molecule has 1 unspecified atom stereocenters. The molecule has 0 saturated carbocycles. The van der Waals surface area contributed by atoms with Crippen LogP contribution in [0.3, 0.4) is 0 Å². The van der Waals surface area contributed by atoms with Gasteiger partial charge in [0.15, 0.2) is 0 Å². The summed E-state index contributed by atoms with van der Waals surface area (Å²) >= 11 is 0. The fraction of sp³-hybridized carbons (Fsp3) is 0.889. The van der Waals surface area contributed by atoms with Gasteiger partial charge in [0.1, 0.15) is 6.04 Å². The molecule has 0 bridgehead atoms. The molecule has 1 fully saturated rings. The van der Waals surface area contributed by atoms with Gasteiger partial charge in [0.2, 0.25) is 0 Å². The van der Waals surface area contributed by atoms with Crippen molar-refractivity contribution in [1.29, 1.82) is 0 Å². The Hall–Kier alpha value is -0.280. The summed E-state index contributed by atoms with van der Waals surface area (Å²) in [5.41, 5.74) is 0. The van der Waals surface area contributed by atoms with Crippen LogP contribution in [0.1, 0.15) is 26.2 Å². The number of hydrogen-bond donors (Lipinski definition) is 1. The van der Waals surface area contributed by atoms with Crippen molar-refractivity contribution in [3.8, 4) is 0 Å². The molecular weight excluding hydrogens is 190 g/mol. The minimum absolute atomic E-state index is 0. The quantitative estimate of drug-likeness (QED) is 0.765. The van der Waals surface area contributed by atoms with Crippen LogP contribution in [0.15, 0.2) is 0 Å². The summed E-state index contributed by atoms with van der Waals surface area (Å²) in [7, 11) is 1.90. The van der Waals surface area contributed by atoms with E-state index in [4.69, 9.17) is 5.11 Å². The maximum atomic E-state index is 10.7. The lowest BCUT2D eigenvalue weighted by molar-refractivity contribution is -0.141. The number of likely N-dealkylation sites (N-methyl/N-ethyl adjacent to an activating group) is 1. The summed E-state index contributed by atoms with van der Waals surface area (Å²) in [6, 6.07) is -0.235. The molecule has 4 heteroatoms. The number of likely N-dealkylation sites (tertiary alicyclic amines) is 1. The Morgan fingerprint density at radius 2 is 2.23 bits per heavy atom. The van der Waals surface area contributed by atoms with Gasteiger partial charge < -0.3 is 5.11 Å². The standard InChI is InChI=1S/C9H17NO2.ClH/c1-3-4-7-5-8(9(11)12)10(2)6-7;/h7-8H,3-6H2,1-2H3,(H,11,12);1H/t7?,8-;/m0./s1. The zero-order valence-corrected chi connectivity index (χ0v) is 9.01. The van der Waals surface area contributed by atoms with E-state index in [2.05, 4.69) is 6.92 Å². The van der Waals surface area contributed by atoms with Crippen molar-refractivity contribution in [3.05, 3.63) is 0 Å². The molecule has 1 aliphatic rings. The van der Waals surface area contributed by atoms with Gasteiger partial charge >= 0.3 is 5.97 Å². The molecular formula is C9H18ClNO2. The van der Waals surface area contributed by atoms with E-state index in [1.165, 1.54) is 0 Å². The molecule has 0 aromatic rings. The molecule has 0 radical (unpaired) electrons. The van der Waals surface area contributed by atoms with Gasteiger partial charge in [-0.15, -0.1) is 12.4 Å². The second-order valence-corrected chi connectivity index (χ2v) is 3.68. The van der Waals surface area contributed by atoms with Crippen LogP contribution >= 0.6 is 12.4 Å². The first kappa shape index (κ1) is 12.7. The molecule has 0 aromatic heterocycles. The maximum absolute atomic E-state index is 10.7. The number of carboxylic acid groups (broad SMARTS) is 1. The van der Waals surface area contributed by atoms with Gasteiger partial charge in [-0.3, -0.25) is 9.69 Å². The van der Waals surface area contributed by atoms with Crippen LogP contribution in [-0.4, -0.2) is 35.6 Å². The molecule has 13 heavy (non-hydrogen) atoms. The number of hydrogen-bond acceptors (Lipinski definition) is 2. The van der Waals surface area contributed by atoms with Crippen molar-refractivity contribution in [1.82, 2.24) is 4.90 Å². The number of nitrogens with zero attached hydrogens (tertiary/aromatic N) is 1. The monoisotopic (exact) mass is 207 g/mol. The van der Waals surface area contributed by atoms with E-state index < -0.39 is 5.97 Å². The van der Waals surface area contributed by atoms with Gasteiger partial charge in [0.05, 0.1) is 0 Å². The van der Waals surface area contributed by atoms with Crippen molar-refractivity contribution >= 4 is 18.4 Å². The van der Waals surface area contributed by atoms with Crippen molar-refractivity contribution in [3.63, 3.8) is 0 Å². The molecule has 1 saturated heterocycles. The van der Waals surface area contributed by atoms with Crippen molar-refractivity contribution in [2.75, 3.05) is 13.6 Å². The minimum atomic E-state index is -0.670. The normalized spacial score (nSPS) is 28.5. The van der Waals surface area contributed by atoms with E-state index >= 15 is 0 Å². The molecule has 2 atom stereocenters. The molecule has 0 spiro atoms. The summed E-state index contributed by atoms with van der Waals surface area (Å²) in [4.78, 5) is 12.7. The molecule has 0 aliphatic carbocycles. The first-order chi connectivity index (χ1) is 5.65. The van der Waals surface area contributed by atoms with Crippen LogP contribution in [-0.2, 0) is 4.79 Å². The first-order valence-corrected chi connectivity index (χ1v) is 4.58. The largest absolute Gasteiger partial charge is 0.480 e. The Kier molecular flexibility index (Phi) is 5.33. The van der Waals surface area contributed by atoms with E-state index in [0.717, 1.165) is 25.8 Å². The number of carboxylic acids is 1. The topological polar surface area (TPSA) is 40.5 Å². The Morgan fingerprint density at radius 3 is 2.62 bits per heavy atom. The summed E-state index contributed by atoms with van der Waals surface area (Å²) in [5.74, 6) is -0.0720. The minimum Gasteiger partial charge on any atom is -0.480 e. The van der Waals surface area contributed by atoms with E-state index in [1.807, 2.05) is 11.9 Å². The lowest BCUT2D eigenvalue weighted by Crippen LogP contribution is -2.32. The third-order valence-electron chi connectivity index (χ3n) is 2.62. The first-order valence-electron chi connectivity index (χ1n) is 4.58. The number of carbonyl (C=O) groups is 1. The Bertz CT molecular complexity index is 175. The highest BCUT2D eigenvalue weighted by molar-refractivity contribution is 5.85. The fourth-order valence-corrected chi connectivity index (χ4v) is 2.01. The predicted octanol–water partition coefficient (Wildman–Crippen LogP) is 1.61. The Labute approximate surface area is 85.5 Å². The molecule has 78 valence electrons. The third-order valence-corrected chi connectivity index (χ3v) is 2.62. The third kappa shape index (κ3) is 3.16. The molecule has 1 N–H and O–H groups in total. The summed E-state index contributed by atoms with van der Waals surface area (Å²) < 4.78 is 0. The lowest BCUT2D eigenvalue weighted by atomic mass is 10.0. The van der Waals surface area contributed by atoms with Crippen molar-refractivity contribution in [2.24, 2.45) is 5.92 Å². The van der Waals surface area contributed by atoms with Gasteiger partial charge in [0.25, 0.3) is 0 Å². The average molecular weight is 208 g/mol. The predicted molar refractivity (Wildman–Crippen MR) is 54.3 cm³/mol. The highest BCUT2D eigenvalue weighted by Gasteiger charge is 2.33. The molecule has 1 aliphatic heterocycles. The van der Waals surface area contributed by atoms with Gasteiger partial charge in [-0.05, 0) is 25.8 Å². The summed E-state index contributed by atoms with van der Waals surface area (Å²) in [6.45, 7) is 3.10. The number of aliphatic carboxylic acids is 1. The fourth-order valence-electron chi connectivity index (χ4n) is 2.01. The highest BCUT2D eigenvalue weighted by Crippen LogP contribution is 2.25. The Morgan fingerprint density at radius 1 is 1.62 bits per heavy atom. The van der Waals surface area contributed by atoms with Gasteiger partial charge in [0, 0.05) is 6.54 Å². The second-order valence-electron chi connectivity index (χ2n) is 3.68. The van der Waals surface area contributed by atoms with Crippen LogP contribution in [0, 0.1) is 5.92 Å². The summed E-state index contributed by atoms with van der Waals surface area (Å²) in [6.07, 6.45) is 3.15. The van der Waals surface area contributed by atoms with E-state index in [9.17, 15) is 4.79 Å². The molecule has 1 heterocycles. The van der Waals surface area contributed by atoms with E-state index in [-0.39, 0.29) is 18.4 Å². The SMILES string of the molecule is CCCC1C[C@@H](C(=O)O)N(C)C1.Cl. The van der Waals surface area contributed by atoms with Crippen LogP contribution in [0.5, 0.6) is 0 Å². The van der Waals surface area contributed by atoms with Crippen LogP contribution in [0.25, 0.3) is 0 Å². The van der Waals surface area contributed by atoms with Gasteiger partial charge in [-0.1, -0.05) is 13.3 Å². The van der Waals surface area contributed by atoms with Crippen molar-refractivity contribution in [2.45, 2.75) is 32.2 Å².